The maximum Gasteiger partial charge on any atom is 0.273 e. The second kappa shape index (κ2) is 7.03. The fraction of sp³-hybridized carbons (Fsp3) is 0.0952. The van der Waals surface area contributed by atoms with Crippen LogP contribution in [0.15, 0.2) is 71.7 Å². The molecule has 0 spiro atoms. The van der Waals surface area contributed by atoms with Crippen molar-refractivity contribution in [2.24, 2.45) is 0 Å². The van der Waals surface area contributed by atoms with Crippen LogP contribution in [-0.2, 0) is 0 Å². The topological polar surface area (TPSA) is 79.7 Å². The summed E-state index contributed by atoms with van der Waals surface area (Å²) in [4.78, 5) is 30.7. The molecule has 0 atom stereocenters. The molecule has 0 aliphatic rings. The van der Waals surface area contributed by atoms with Crippen LogP contribution in [0.25, 0.3) is 16.9 Å². The van der Waals surface area contributed by atoms with Gasteiger partial charge in [-0.05, 0) is 36.4 Å². The number of hydrogen-bond acceptors (Lipinski definition) is 4. The second-order valence-electron chi connectivity index (χ2n) is 6.46. The Bertz CT molecular complexity index is 1190. The summed E-state index contributed by atoms with van der Waals surface area (Å²) in [5.41, 5.74) is 1.59. The number of nitrogens with one attached hydrogen (secondary N) is 1. The number of aromatic amines is 1. The fourth-order valence-corrected chi connectivity index (χ4v) is 2.85. The third-order valence-electron chi connectivity index (χ3n) is 4.26. The molecule has 0 radical (unpaired) electrons. The van der Waals surface area contributed by atoms with Crippen molar-refractivity contribution >= 4 is 11.6 Å². The number of amides is 1. The number of rotatable bonds is 4. The van der Waals surface area contributed by atoms with Crippen LogP contribution in [-0.4, -0.2) is 39.5 Å². The molecule has 0 aliphatic carbocycles. The number of aromatic nitrogens is 3. The van der Waals surface area contributed by atoms with Crippen molar-refractivity contribution in [2.75, 3.05) is 14.1 Å². The zero-order chi connectivity index (χ0) is 19.7. The van der Waals surface area contributed by atoms with Gasteiger partial charge in [0, 0.05) is 31.9 Å². The van der Waals surface area contributed by atoms with Crippen molar-refractivity contribution in [3.05, 3.63) is 82.8 Å². The average Bonchev–Trinajstić information content (AvgIpc) is 3.13. The lowest BCUT2D eigenvalue weighted by Crippen LogP contribution is -2.22. The number of carbonyl (C=O) groups is 1. The molecule has 0 unspecified atom stereocenters. The lowest BCUT2D eigenvalue weighted by Gasteiger charge is -2.09. The van der Waals surface area contributed by atoms with Gasteiger partial charge in [-0.3, -0.25) is 14.7 Å². The van der Waals surface area contributed by atoms with Crippen LogP contribution < -0.4 is 10.3 Å². The summed E-state index contributed by atoms with van der Waals surface area (Å²) < 4.78 is 7.04. The standard InChI is InChI=1S/C21H18N4O3/c1-24(2)21(27)17-13-22-25-19(26)12-18(23-20(17)25)14-8-10-16(11-9-14)28-15-6-4-3-5-7-15/h3-13,22H,1-2H3. The van der Waals surface area contributed by atoms with E-state index < -0.39 is 0 Å². The largest absolute Gasteiger partial charge is 0.457 e. The first-order valence-corrected chi connectivity index (χ1v) is 8.69. The molecule has 2 heterocycles. The Morgan fingerprint density at radius 2 is 1.71 bits per heavy atom. The van der Waals surface area contributed by atoms with Crippen LogP contribution in [0.2, 0.25) is 0 Å². The van der Waals surface area contributed by atoms with Gasteiger partial charge in [-0.25, -0.2) is 9.50 Å². The molecule has 4 rings (SSSR count). The van der Waals surface area contributed by atoms with E-state index in [9.17, 15) is 9.59 Å². The fourth-order valence-electron chi connectivity index (χ4n) is 2.85. The lowest BCUT2D eigenvalue weighted by molar-refractivity contribution is 0.0829. The van der Waals surface area contributed by atoms with Crippen LogP contribution in [0.5, 0.6) is 11.5 Å². The van der Waals surface area contributed by atoms with Gasteiger partial charge in [0.1, 0.15) is 17.1 Å². The van der Waals surface area contributed by atoms with E-state index in [1.165, 1.54) is 21.7 Å². The molecule has 2 aromatic carbocycles. The zero-order valence-corrected chi connectivity index (χ0v) is 15.4. The van der Waals surface area contributed by atoms with E-state index in [-0.39, 0.29) is 11.5 Å². The van der Waals surface area contributed by atoms with Crippen molar-refractivity contribution < 1.29 is 9.53 Å². The highest BCUT2D eigenvalue weighted by molar-refractivity contribution is 5.99. The highest BCUT2D eigenvalue weighted by Crippen LogP contribution is 2.25. The molecule has 0 fully saturated rings. The Morgan fingerprint density at radius 3 is 2.39 bits per heavy atom. The highest BCUT2D eigenvalue weighted by atomic mass is 16.5. The number of H-pyrrole nitrogens is 1. The first kappa shape index (κ1) is 17.5. The molecular weight excluding hydrogens is 356 g/mol. The van der Waals surface area contributed by atoms with Crippen LogP contribution in [0.4, 0.5) is 0 Å². The number of hydrogen-bond donors (Lipinski definition) is 1. The summed E-state index contributed by atoms with van der Waals surface area (Å²) in [6.45, 7) is 0. The van der Waals surface area contributed by atoms with E-state index in [0.29, 0.717) is 22.7 Å². The van der Waals surface area contributed by atoms with Gasteiger partial charge in [0.05, 0.1) is 5.69 Å². The summed E-state index contributed by atoms with van der Waals surface area (Å²) in [6, 6.07) is 18.2. The van der Waals surface area contributed by atoms with Crippen molar-refractivity contribution in [1.82, 2.24) is 19.5 Å². The van der Waals surface area contributed by atoms with Crippen molar-refractivity contribution in [1.29, 1.82) is 0 Å². The summed E-state index contributed by atoms with van der Waals surface area (Å²) in [6.07, 6.45) is 1.49. The summed E-state index contributed by atoms with van der Waals surface area (Å²) >= 11 is 0. The van der Waals surface area contributed by atoms with Gasteiger partial charge < -0.3 is 9.64 Å². The van der Waals surface area contributed by atoms with Gasteiger partial charge in [-0.2, -0.15) is 0 Å². The van der Waals surface area contributed by atoms with Gasteiger partial charge in [0.2, 0.25) is 0 Å². The predicted molar refractivity (Wildman–Crippen MR) is 106 cm³/mol. The summed E-state index contributed by atoms with van der Waals surface area (Å²) in [7, 11) is 3.30. The van der Waals surface area contributed by atoms with Crippen LogP contribution in [0.3, 0.4) is 0 Å². The molecule has 7 heteroatoms. The molecule has 0 aliphatic heterocycles. The first-order chi connectivity index (χ1) is 13.5. The minimum Gasteiger partial charge on any atom is -0.457 e. The number of carbonyl (C=O) groups excluding carboxylic acids is 1. The molecule has 1 amide bonds. The Hall–Kier alpha value is -3.87. The van der Waals surface area contributed by atoms with Crippen LogP contribution >= 0.6 is 0 Å². The normalized spacial score (nSPS) is 10.8. The third kappa shape index (κ3) is 3.25. The molecule has 0 saturated heterocycles. The second-order valence-corrected chi connectivity index (χ2v) is 6.46. The van der Waals surface area contributed by atoms with Gasteiger partial charge >= 0.3 is 0 Å². The van der Waals surface area contributed by atoms with Crippen LogP contribution in [0, 0.1) is 0 Å². The van der Waals surface area contributed by atoms with Gasteiger partial charge in [-0.1, -0.05) is 18.2 Å². The summed E-state index contributed by atoms with van der Waals surface area (Å²) in [5.74, 6) is 1.19. The number of para-hydroxylation sites is 1. The Balaban J connectivity index is 1.70. The number of nitrogens with zero attached hydrogens (tertiary/aromatic N) is 3. The highest BCUT2D eigenvalue weighted by Gasteiger charge is 2.17. The Labute approximate surface area is 160 Å². The van der Waals surface area contributed by atoms with E-state index in [2.05, 4.69) is 10.1 Å². The predicted octanol–water partition coefficient (Wildman–Crippen LogP) is 3.18. The molecule has 1 N–H and O–H groups in total. The smallest absolute Gasteiger partial charge is 0.273 e. The zero-order valence-electron chi connectivity index (χ0n) is 15.4. The third-order valence-corrected chi connectivity index (χ3v) is 4.26. The van der Waals surface area contributed by atoms with Gasteiger partial charge in [0.15, 0.2) is 5.65 Å². The number of ether oxygens (including phenoxy) is 1. The lowest BCUT2D eigenvalue weighted by atomic mass is 10.1. The van der Waals surface area contributed by atoms with Gasteiger partial charge in [0.25, 0.3) is 11.5 Å². The summed E-state index contributed by atoms with van der Waals surface area (Å²) in [5, 5.41) is 2.78. The monoisotopic (exact) mass is 374 g/mol. The molecule has 140 valence electrons. The molecule has 0 saturated carbocycles. The molecular formula is C21H18N4O3. The maximum atomic E-state index is 12.4. The molecule has 28 heavy (non-hydrogen) atoms. The quantitative estimate of drug-likeness (QED) is 0.595. The van der Waals surface area contributed by atoms with Crippen molar-refractivity contribution in [3.8, 4) is 22.8 Å². The number of benzene rings is 2. The van der Waals surface area contributed by atoms with E-state index in [1.807, 2.05) is 54.6 Å². The van der Waals surface area contributed by atoms with Crippen molar-refractivity contribution in [2.45, 2.75) is 0 Å². The van der Waals surface area contributed by atoms with Crippen molar-refractivity contribution in [3.63, 3.8) is 0 Å². The van der Waals surface area contributed by atoms with Crippen LogP contribution in [0.1, 0.15) is 10.4 Å². The maximum absolute atomic E-state index is 12.4. The average molecular weight is 374 g/mol. The molecule has 7 nitrogen and oxygen atoms in total. The van der Waals surface area contributed by atoms with E-state index in [0.717, 1.165) is 11.3 Å². The molecule has 0 bridgehead atoms. The number of fused-ring (bicyclic) bond motifs is 1. The molecule has 2 aromatic heterocycles. The van der Waals surface area contributed by atoms with E-state index >= 15 is 0 Å². The van der Waals surface area contributed by atoms with Gasteiger partial charge in [-0.15, -0.1) is 0 Å². The van der Waals surface area contributed by atoms with E-state index in [4.69, 9.17) is 4.74 Å². The first-order valence-electron chi connectivity index (χ1n) is 8.69. The SMILES string of the molecule is CN(C)C(=O)c1c[nH]n2c(=O)cc(-c3ccc(Oc4ccccc4)cc3)nc12. The minimum atomic E-state index is -0.289. The molecule has 4 aromatic rings. The Morgan fingerprint density at radius 1 is 1.04 bits per heavy atom. The Kier molecular flexibility index (Phi) is 4.41. The minimum absolute atomic E-state index is 0.227. The van der Waals surface area contributed by atoms with E-state index in [1.54, 1.807) is 14.1 Å².